The first-order chi connectivity index (χ1) is 7.40. The van der Waals surface area contributed by atoms with Crippen molar-refractivity contribution in [3.63, 3.8) is 0 Å². The molecule has 0 aromatic carbocycles. The second-order valence-corrected chi connectivity index (χ2v) is 4.70. The number of ether oxygens (including phenoxy) is 1. The number of carbonyl (C=O) groups is 1. The van der Waals surface area contributed by atoms with E-state index in [9.17, 15) is 4.79 Å². The van der Waals surface area contributed by atoms with E-state index in [1.54, 1.807) is 11.6 Å². The summed E-state index contributed by atoms with van der Waals surface area (Å²) in [6, 6.07) is 1.82. The van der Waals surface area contributed by atoms with Gasteiger partial charge in [0.2, 0.25) is 0 Å². The number of hydrogen-bond acceptors (Lipinski definition) is 3. The molecule has 0 fully saturated rings. The van der Waals surface area contributed by atoms with E-state index in [0.717, 1.165) is 5.69 Å². The lowest BCUT2D eigenvalue weighted by molar-refractivity contribution is 0.0512. The van der Waals surface area contributed by atoms with E-state index in [0.29, 0.717) is 18.8 Å². The fraction of sp³-hybridized carbons (Fsp3) is 0.667. The van der Waals surface area contributed by atoms with Crippen molar-refractivity contribution in [1.29, 1.82) is 0 Å². The summed E-state index contributed by atoms with van der Waals surface area (Å²) in [6.45, 7) is 11.0. The molecule has 1 aromatic rings. The Bertz CT molecular complexity index is 375. The Balaban J connectivity index is 3.09. The van der Waals surface area contributed by atoms with Crippen LogP contribution in [0.25, 0.3) is 0 Å². The van der Waals surface area contributed by atoms with Gasteiger partial charge in [0.05, 0.1) is 12.3 Å². The first-order valence-corrected chi connectivity index (χ1v) is 5.65. The Morgan fingerprint density at radius 2 is 2.06 bits per heavy atom. The highest BCUT2D eigenvalue weighted by Gasteiger charge is 2.22. The molecule has 0 aliphatic rings. The van der Waals surface area contributed by atoms with Crippen LogP contribution in [-0.2, 0) is 16.7 Å². The zero-order valence-electron chi connectivity index (χ0n) is 10.7. The molecular formula is C12H20N2O2. The number of aromatic nitrogens is 2. The van der Waals surface area contributed by atoms with Gasteiger partial charge in [-0.15, -0.1) is 0 Å². The van der Waals surface area contributed by atoms with Gasteiger partial charge in [-0.25, -0.2) is 4.79 Å². The van der Waals surface area contributed by atoms with Crippen LogP contribution in [0.2, 0.25) is 0 Å². The van der Waals surface area contributed by atoms with Crippen molar-refractivity contribution in [2.45, 2.75) is 46.6 Å². The fourth-order valence-electron chi connectivity index (χ4n) is 1.39. The highest BCUT2D eigenvalue weighted by Crippen LogP contribution is 2.22. The van der Waals surface area contributed by atoms with Crippen LogP contribution in [0.1, 0.15) is 50.8 Å². The molecule has 1 rings (SSSR count). The van der Waals surface area contributed by atoms with Crippen molar-refractivity contribution >= 4 is 5.97 Å². The molecule has 0 spiro atoms. The van der Waals surface area contributed by atoms with Crippen LogP contribution in [0.4, 0.5) is 0 Å². The van der Waals surface area contributed by atoms with Gasteiger partial charge in [0.1, 0.15) is 5.69 Å². The van der Waals surface area contributed by atoms with Crippen molar-refractivity contribution in [3.8, 4) is 0 Å². The first-order valence-electron chi connectivity index (χ1n) is 5.65. The summed E-state index contributed by atoms with van der Waals surface area (Å²) in [7, 11) is 0. The van der Waals surface area contributed by atoms with Gasteiger partial charge in [-0.2, -0.15) is 5.10 Å². The summed E-state index contributed by atoms with van der Waals surface area (Å²) < 4.78 is 6.69. The lowest BCUT2D eigenvalue weighted by Crippen LogP contribution is -2.13. The maximum absolute atomic E-state index is 11.7. The summed E-state index contributed by atoms with van der Waals surface area (Å²) in [5, 5.41) is 4.42. The molecule has 0 saturated carbocycles. The Morgan fingerprint density at radius 3 is 2.50 bits per heavy atom. The van der Waals surface area contributed by atoms with Crippen LogP contribution < -0.4 is 0 Å². The number of carbonyl (C=O) groups excluding carboxylic acids is 1. The molecule has 1 heterocycles. The van der Waals surface area contributed by atoms with Crippen molar-refractivity contribution in [1.82, 2.24) is 9.78 Å². The van der Waals surface area contributed by atoms with E-state index >= 15 is 0 Å². The van der Waals surface area contributed by atoms with Crippen LogP contribution >= 0.6 is 0 Å². The minimum absolute atomic E-state index is 0.0539. The Labute approximate surface area is 96.6 Å². The Morgan fingerprint density at radius 1 is 1.44 bits per heavy atom. The fourth-order valence-corrected chi connectivity index (χ4v) is 1.39. The first kappa shape index (κ1) is 12.7. The molecule has 0 radical (unpaired) electrons. The summed E-state index contributed by atoms with van der Waals surface area (Å²) in [5.74, 6) is -0.299. The standard InChI is InChI=1S/C12H20N2O2/c1-6-14-9(11(15)16-7-2)8-10(13-14)12(3,4)5/h8H,6-7H2,1-5H3. The van der Waals surface area contributed by atoms with Crippen molar-refractivity contribution < 1.29 is 9.53 Å². The zero-order valence-corrected chi connectivity index (χ0v) is 10.7. The Hall–Kier alpha value is -1.32. The molecule has 0 N–H and O–H groups in total. The highest BCUT2D eigenvalue weighted by molar-refractivity contribution is 5.87. The molecule has 16 heavy (non-hydrogen) atoms. The van der Waals surface area contributed by atoms with Gasteiger partial charge >= 0.3 is 5.97 Å². The van der Waals surface area contributed by atoms with E-state index in [-0.39, 0.29) is 11.4 Å². The molecule has 0 aliphatic heterocycles. The number of rotatable bonds is 3. The minimum atomic E-state index is -0.299. The summed E-state index contributed by atoms with van der Waals surface area (Å²) in [6.07, 6.45) is 0. The quantitative estimate of drug-likeness (QED) is 0.740. The van der Waals surface area contributed by atoms with Gasteiger partial charge in [0.25, 0.3) is 0 Å². The largest absolute Gasteiger partial charge is 0.461 e. The molecule has 0 amide bonds. The van der Waals surface area contributed by atoms with Crippen LogP contribution in [-0.4, -0.2) is 22.4 Å². The molecule has 0 saturated heterocycles. The topological polar surface area (TPSA) is 44.1 Å². The third-order valence-electron chi connectivity index (χ3n) is 2.33. The second-order valence-electron chi connectivity index (χ2n) is 4.70. The van der Waals surface area contributed by atoms with Gasteiger partial charge in [-0.1, -0.05) is 20.8 Å². The minimum Gasteiger partial charge on any atom is -0.461 e. The summed E-state index contributed by atoms with van der Waals surface area (Å²) in [4.78, 5) is 11.7. The SMILES string of the molecule is CCOC(=O)c1cc(C(C)(C)C)nn1CC. The third kappa shape index (κ3) is 2.62. The average molecular weight is 224 g/mol. The van der Waals surface area contributed by atoms with Crippen LogP contribution in [0.3, 0.4) is 0 Å². The van der Waals surface area contributed by atoms with Gasteiger partial charge in [-0.05, 0) is 19.9 Å². The van der Waals surface area contributed by atoms with Gasteiger partial charge in [0, 0.05) is 12.0 Å². The maximum atomic E-state index is 11.7. The molecule has 0 unspecified atom stereocenters. The van der Waals surface area contributed by atoms with Gasteiger partial charge < -0.3 is 4.74 Å². The maximum Gasteiger partial charge on any atom is 0.356 e. The highest BCUT2D eigenvalue weighted by atomic mass is 16.5. The van der Waals surface area contributed by atoms with Crippen molar-refractivity contribution in [3.05, 3.63) is 17.5 Å². The lowest BCUT2D eigenvalue weighted by Gasteiger charge is -2.13. The van der Waals surface area contributed by atoms with E-state index < -0.39 is 0 Å². The van der Waals surface area contributed by atoms with Gasteiger partial charge in [0.15, 0.2) is 0 Å². The third-order valence-corrected chi connectivity index (χ3v) is 2.33. The van der Waals surface area contributed by atoms with Crippen LogP contribution in [0.15, 0.2) is 6.07 Å². The predicted octanol–water partition coefficient (Wildman–Crippen LogP) is 2.38. The van der Waals surface area contributed by atoms with E-state index in [1.807, 2.05) is 13.0 Å². The van der Waals surface area contributed by atoms with E-state index in [2.05, 4.69) is 25.9 Å². The van der Waals surface area contributed by atoms with E-state index in [4.69, 9.17) is 4.74 Å². The average Bonchev–Trinajstić information content (AvgIpc) is 2.61. The second kappa shape index (κ2) is 4.68. The summed E-state index contributed by atoms with van der Waals surface area (Å²) in [5.41, 5.74) is 1.40. The lowest BCUT2D eigenvalue weighted by atomic mass is 9.92. The Kier molecular flexibility index (Phi) is 3.73. The molecule has 0 aliphatic carbocycles. The van der Waals surface area contributed by atoms with Crippen molar-refractivity contribution in [2.24, 2.45) is 0 Å². The summed E-state index contributed by atoms with van der Waals surface area (Å²) >= 11 is 0. The predicted molar refractivity (Wildman–Crippen MR) is 62.6 cm³/mol. The molecule has 90 valence electrons. The molecule has 4 heteroatoms. The molecule has 4 nitrogen and oxygen atoms in total. The molecule has 1 aromatic heterocycles. The van der Waals surface area contributed by atoms with E-state index in [1.165, 1.54) is 0 Å². The van der Waals surface area contributed by atoms with Gasteiger partial charge in [-0.3, -0.25) is 4.68 Å². The number of hydrogen-bond donors (Lipinski definition) is 0. The molecular weight excluding hydrogens is 204 g/mol. The monoisotopic (exact) mass is 224 g/mol. The molecule has 0 bridgehead atoms. The van der Waals surface area contributed by atoms with Crippen LogP contribution in [0.5, 0.6) is 0 Å². The normalized spacial score (nSPS) is 11.6. The smallest absolute Gasteiger partial charge is 0.356 e. The number of aryl methyl sites for hydroxylation is 1. The van der Waals surface area contributed by atoms with Crippen molar-refractivity contribution in [2.75, 3.05) is 6.61 Å². The molecule has 0 atom stereocenters. The zero-order chi connectivity index (χ0) is 12.3. The number of nitrogens with zero attached hydrogens (tertiary/aromatic N) is 2. The van der Waals surface area contributed by atoms with Crippen LogP contribution in [0, 0.1) is 0 Å². The number of esters is 1.